The van der Waals surface area contributed by atoms with Crippen LogP contribution >= 0.6 is 0 Å². The van der Waals surface area contributed by atoms with Gasteiger partial charge in [-0.2, -0.15) is 5.10 Å². The molecule has 2 heterocycles. The molecule has 0 aliphatic heterocycles. The van der Waals surface area contributed by atoms with Gasteiger partial charge in [0.2, 0.25) is 0 Å². The molecule has 3 aromatic rings. The van der Waals surface area contributed by atoms with Gasteiger partial charge in [0.25, 0.3) is 0 Å². The van der Waals surface area contributed by atoms with Gasteiger partial charge in [-0.25, -0.2) is 4.39 Å². The van der Waals surface area contributed by atoms with Crippen LogP contribution in [0.3, 0.4) is 0 Å². The van der Waals surface area contributed by atoms with E-state index in [1.807, 2.05) is 18.2 Å². The number of aryl methyl sites for hydroxylation is 1. The van der Waals surface area contributed by atoms with E-state index in [1.165, 1.54) is 12.1 Å². The highest BCUT2D eigenvalue weighted by Crippen LogP contribution is 2.34. The zero-order valence-corrected chi connectivity index (χ0v) is 10.9. The largest absolute Gasteiger partial charge is 0.383 e. The molecule has 0 saturated heterocycles. The number of benzene rings is 1. The minimum absolute atomic E-state index is 0.281. The number of anilines is 1. The van der Waals surface area contributed by atoms with Gasteiger partial charge in [0, 0.05) is 18.8 Å². The van der Waals surface area contributed by atoms with E-state index >= 15 is 0 Å². The number of rotatable bonds is 2. The first kappa shape index (κ1) is 12.3. The first-order chi connectivity index (χ1) is 9.66. The third-order valence-electron chi connectivity index (χ3n) is 3.13. The normalized spacial score (nSPS) is 10.7. The fourth-order valence-electron chi connectivity index (χ4n) is 2.11. The topological polar surface area (TPSA) is 56.7 Å². The summed E-state index contributed by atoms with van der Waals surface area (Å²) in [5, 5.41) is 4.42. The Morgan fingerprint density at radius 1 is 1.10 bits per heavy atom. The number of nitrogens with two attached hydrogens (primary N) is 1. The van der Waals surface area contributed by atoms with Gasteiger partial charge in [-0.3, -0.25) is 9.67 Å². The number of hydrogen-bond acceptors (Lipinski definition) is 3. The molecule has 0 unspecified atom stereocenters. The highest BCUT2D eigenvalue weighted by atomic mass is 19.1. The van der Waals surface area contributed by atoms with Crippen molar-refractivity contribution in [3.05, 3.63) is 54.5 Å². The molecule has 0 atom stereocenters. The Balaban J connectivity index is 2.22. The van der Waals surface area contributed by atoms with Crippen molar-refractivity contribution >= 4 is 5.82 Å². The second-order valence-corrected chi connectivity index (χ2v) is 4.45. The first-order valence-electron chi connectivity index (χ1n) is 6.16. The van der Waals surface area contributed by atoms with Crippen LogP contribution in [0.25, 0.3) is 22.5 Å². The maximum absolute atomic E-state index is 13.0. The van der Waals surface area contributed by atoms with Crippen LogP contribution in [0.5, 0.6) is 0 Å². The minimum atomic E-state index is -0.281. The Morgan fingerprint density at radius 3 is 2.50 bits per heavy atom. The summed E-state index contributed by atoms with van der Waals surface area (Å²) in [6.07, 6.45) is 1.70. The summed E-state index contributed by atoms with van der Waals surface area (Å²) >= 11 is 0. The van der Waals surface area contributed by atoms with Gasteiger partial charge < -0.3 is 5.73 Å². The molecule has 4 nitrogen and oxygen atoms in total. The van der Waals surface area contributed by atoms with E-state index in [1.54, 1.807) is 30.1 Å². The van der Waals surface area contributed by atoms with Crippen LogP contribution in [0.1, 0.15) is 0 Å². The van der Waals surface area contributed by atoms with E-state index in [2.05, 4.69) is 10.1 Å². The van der Waals surface area contributed by atoms with E-state index < -0.39 is 0 Å². The van der Waals surface area contributed by atoms with E-state index in [4.69, 9.17) is 5.73 Å². The Hall–Kier alpha value is -2.69. The summed E-state index contributed by atoms with van der Waals surface area (Å²) in [5.41, 5.74) is 9.10. The minimum Gasteiger partial charge on any atom is -0.383 e. The number of nitrogen functional groups attached to an aromatic ring is 1. The van der Waals surface area contributed by atoms with Crippen LogP contribution in [-0.2, 0) is 7.05 Å². The van der Waals surface area contributed by atoms with Gasteiger partial charge in [0.05, 0.1) is 11.3 Å². The molecule has 100 valence electrons. The number of halogens is 1. The number of nitrogens with zero attached hydrogens (tertiary/aromatic N) is 3. The molecule has 0 aliphatic carbocycles. The maximum Gasteiger partial charge on any atom is 0.131 e. The lowest BCUT2D eigenvalue weighted by Gasteiger charge is -2.03. The van der Waals surface area contributed by atoms with Crippen LogP contribution in [-0.4, -0.2) is 14.8 Å². The molecule has 0 aliphatic rings. The average Bonchev–Trinajstić information content (AvgIpc) is 2.77. The fraction of sp³-hybridized carbons (Fsp3) is 0.0667. The predicted octanol–water partition coefficient (Wildman–Crippen LogP) is 2.87. The Bertz CT molecular complexity index is 733. The average molecular weight is 268 g/mol. The molecule has 0 saturated carbocycles. The van der Waals surface area contributed by atoms with Crippen LogP contribution < -0.4 is 5.73 Å². The molecule has 1 aromatic carbocycles. The molecule has 0 amide bonds. The Labute approximate surface area is 115 Å². The quantitative estimate of drug-likeness (QED) is 0.777. The highest BCUT2D eigenvalue weighted by Gasteiger charge is 2.18. The fourth-order valence-corrected chi connectivity index (χ4v) is 2.11. The molecule has 2 N–H and O–H groups in total. The lowest BCUT2D eigenvalue weighted by molar-refractivity contribution is 0.628. The van der Waals surface area contributed by atoms with E-state index in [0.717, 1.165) is 16.8 Å². The van der Waals surface area contributed by atoms with Crippen molar-refractivity contribution in [2.24, 2.45) is 7.05 Å². The van der Waals surface area contributed by atoms with Crippen molar-refractivity contribution < 1.29 is 4.39 Å². The Kier molecular flexibility index (Phi) is 2.95. The summed E-state index contributed by atoms with van der Waals surface area (Å²) in [6, 6.07) is 11.8. The standard InChI is InChI=1S/C15H13FN4/c1-20-15(17)13(12-4-2-3-9-18-12)14(19-20)10-5-7-11(16)8-6-10/h2-9H,17H2,1H3. The third-order valence-corrected chi connectivity index (χ3v) is 3.13. The monoisotopic (exact) mass is 268 g/mol. The van der Waals surface area contributed by atoms with Crippen LogP contribution in [0.15, 0.2) is 48.7 Å². The zero-order valence-electron chi connectivity index (χ0n) is 10.9. The van der Waals surface area contributed by atoms with Crippen LogP contribution in [0.4, 0.5) is 10.2 Å². The number of pyridine rings is 1. The summed E-state index contributed by atoms with van der Waals surface area (Å²) in [4.78, 5) is 4.32. The molecule has 5 heteroatoms. The van der Waals surface area contributed by atoms with Crippen molar-refractivity contribution in [3.63, 3.8) is 0 Å². The molecule has 3 rings (SSSR count). The van der Waals surface area contributed by atoms with E-state index in [0.29, 0.717) is 11.5 Å². The van der Waals surface area contributed by atoms with Gasteiger partial charge >= 0.3 is 0 Å². The summed E-state index contributed by atoms with van der Waals surface area (Å²) < 4.78 is 14.6. The van der Waals surface area contributed by atoms with Crippen LogP contribution in [0, 0.1) is 5.82 Å². The lowest BCUT2D eigenvalue weighted by atomic mass is 10.0. The van der Waals surface area contributed by atoms with Crippen molar-refractivity contribution in [1.82, 2.24) is 14.8 Å². The van der Waals surface area contributed by atoms with Crippen LogP contribution in [0.2, 0.25) is 0 Å². The zero-order chi connectivity index (χ0) is 14.1. The van der Waals surface area contributed by atoms with Crippen molar-refractivity contribution in [2.45, 2.75) is 0 Å². The molecule has 0 fully saturated rings. The molecule has 2 aromatic heterocycles. The predicted molar refractivity (Wildman–Crippen MR) is 76.2 cm³/mol. The molecule has 0 spiro atoms. The SMILES string of the molecule is Cn1nc(-c2ccc(F)cc2)c(-c2ccccn2)c1N. The first-order valence-corrected chi connectivity index (χ1v) is 6.16. The molecule has 0 radical (unpaired) electrons. The highest BCUT2D eigenvalue weighted by molar-refractivity contribution is 5.86. The lowest BCUT2D eigenvalue weighted by Crippen LogP contribution is -1.98. The van der Waals surface area contributed by atoms with Gasteiger partial charge in [0.1, 0.15) is 17.3 Å². The second-order valence-electron chi connectivity index (χ2n) is 4.45. The van der Waals surface area contributed by atoms with E-state index in [9.17, 15) is 4.39 Å². The van der Waals surface area contributed by atoms with E-state index in [-0.39, 0.29) is 5.82 Å². The summed E-state index contributed by atoms with van der Waals surface area (Å²) in [7, 11) is 1.77. The van der Waals surface area contributed by atoms with Crippen molar-refractivity contribution in [2.75, 3.05) is 5.73 Å². The molecular formula is C15H13FN4. The van der Waals surface area contributed by atoms with Crippen molar-refractivity contribution in [3.8, 4) is 22.5 Å². The summed E-state index contributed by atoms with van der Waals surface area (Å²) in [5.74, 6) is 0.250. The van der Waals surface area contributed by atoms with Crippen molar-refractivity contribution in [1.29, 1.82) is 0 Å². The summed E-state index contributed by atoms with van der Waals surface area (Å²) in [6.45, 7) is 0. The second kappa shape index (κ2) is 4.77. The van der Waals surface area contributed by atoms with Gasteiger partial charge in [-0.15, -0.1) is 0 Å². The Morgan fingerprint density at radius 2 is 1.85 bits per heavy atom. The van der Waals surface area contributed by atoms with Gasteiger partial charge in [0.15, 0.2) is 0 Å². The molecule has 20 heavy (non-hydrogen) atoms. The third kappa shape index (κ3) is 2.03. The molecule has 0 bridgehead atoms. The van der Waals surface area contributed by atoms with Gasteiger partial charge in [-0.05, 0) is 36.4 Å². The molecular weight excluding hydrogens is 255 g/mol. The smallest absolute Gasteiger partial charge is 0.131 e. The number of aromatic nitrogens is 3. The van der Waals surface area contributed by atoms with Gasteiger partial charge in [-0.1, -0.05) is 6.07 Å². The number of hydrogen-bond donors (Lipinski definition) is 1. The maximum atomic E-state index is 13.0.